The van der Waals surface area contributed by atoms with Gasteiger partial charge in [0.05, 0.1) is 17.5 Å². The molecule has 3 heterocycles. The summed E-state index contributed by atoms with van der Waals surface area (Å²) in [4.78, 5) is 12.2. The first-order chi connectivity index (χ1) is 9.63. The molecule has 0 aliphatic rings. The van der Waals surface area contributed by atoms with Crippen molar-refractivity contribution in [3.8, 4) is 17.3 Å². The maximum Gasteiger partial charge on any atom is 0.214 e. The van der Waals surface area contributed by atoms with Crippen molar-refractivity contribution >= 4 is 22.5 Å². The third kappa shape index (κ3) is 3.38. The molecule has 21 heavy (non-hydrogen) atoms. The Bertz CT molecular complexity index is 761. The first kappa shape index (κ1) is 15.8. The average Bonchev–Trinajstić information content (AvgIpc) is 2.81. The second kappa shape index (κ2) is 6.48. The summed E-state index contributed by atoms with van der Waals surface area (Å²) in [5.74, 6) is 0.531. The molecule has 3 aromatic heterocycles. The first-order valence-electron chi connectivity index (χ1n) is 6.07. The van der Waals surface area contributed by atoms with E-state index < -0.39 is 0 Å². The first-order valence-corrected chi connectivity index (χ1v) is 6.45. The van der Waals surface area contributed by atoms with Gasteiger partial charge in [0.15, 0.2) is 0 Å². The SMILES string of the molecule is CC(C)Oc1cc2c(-c3cc(Cl)ncn3)n[n-]c2cn1.[Pd]. The van der Waals surface area contributed by atoms with Gasteiger partial charge in [0, 0.05) is 38.8 Å². The van der Waals surface area contributed by atoms with Crippen molar-refractivity contribution in [1.82, 2.24) is 25.1 Å². The number of rotatable bonds is 3. The number of ether oxygens (including phenoxy) is 1. The van der Waals surface area contributed by atoms with Gasteiger partial charge in [-0.05, 0) is 19.2 Å². The zero-order valence-corrected chi connectivity index (χ0v) is 13.5. The van der Waals surface area contributed by atoms with Crippen molar-refractivity contribution in [3.63, 3.8) is 0 Å². The molecule has 0 unspecified atom stereocenters. The Balaban J connectivity index is 0.00000161. The predicted octanol–water partition coefficient (Wildman–Crippen LogP) is 2.48. The molecule has 3 aromatic rings. The van der Waals surface area contributed by atoms with Gasteiger partial charge in [-0.2, -0.15) is 0 Å². The Morgan fingerprint density at radius 2 is 2.00 bits per heavy atom. The molecule has 3 rings (SSSR count). The van der Waals surface area contributed by atoms with E-state index in [0.29, 0.717) is 27.9 Å². The maximum absolute atomic E-state index is 5.88. The number of pyridine rings is 1. The number of nitrogens with zero attached hydrogens (tertiary/aromatic N) is 5. The Hall–Kier alpha value is -1.55. The molecule has 112 valence electrons. The summed E-state index contributed by atoms with van der Waals surface area (Å²) in [6.45, 7) is 3.89. The van der Waals surface area contributed by atoms with Gasteiger partial charge in [0.1, 0.15) is 11.5 Å². The van der Waals surface area contributed by atoms with Crippen LogP contribution in [0.15, 0.2) is 24.7 Å². The van der Waals surface area contributed by atoms with Gasteiger partial charge in [0.2, 0.25) is 5.88 Å². The second-order valence-electron chi connectivity index (χ2n) is 4.48. The van der Waals surface area contributed by atoms with E-state index >= 15 is 0 Å². The fraction of sp³-hybridized carbons (Fsp3) is 0.231. The molecule has 0 N–H and O–H groups in total. The van der Waals surface area contributed by atoms with Crippen LogP contribution in [0.1, 0.15) is 13.8 Å². The summed E-state index contributed by atoms with van der Waals surface area (Å²) >= 11 is 5.88. The molecule has 0 saturated heterocycles. The Morgan fingerprint density at radius 3 is 2.71 bits per heavy atom. The van der Waals surface area contributed by atoms with Crippen LogP contribution in [0, 0.1) is 0 Å². The largest absolute Gasteiger partial charge is 0.573 e. The molecule has 0 radical (unpaired) electrons. The normalized spacial score (nSPS) is 10.7. The minimum atomic E-state index is 0. The smallest absolute Gasteiger partial charge is 0.214 e. The van der Waals surface area contributed by atoms with Crippen molar-refractivity contribution in [2.75, 3.05) is 0 Å². The molecular weight excluding hydrogens is 384 g/mol. The van der Waals surface area contributed by atoms with Crippen LogP contribution in [-0.2, 0) is 20.4 Å². The zero-order valence-electron chi connectivity index (χ0n) is 11.2. The quantitative estimate of drug-likeness (QED) is 0.501. The Kier molecular flexibility index (Phi) is 4.89. The van der Waals surface area contributed by atoms with Gasteiger partial charge in [0.25, 0.3) is 0 Å². The Morgan fingerprint density at radius 1 is 1.19 bits per heavy atom. The van der Waals surface area contributed by atoms with Crippen molar-refractivity contribution < 1.29 is 25.2 Å². The third-order valence-electron chi connectivity index (χ3n) is 2.60. The Labute approximate surface area is 140 Å². The van der Waals surface area contributed by atoms with Gasteiger partial charge in [-0.1, -0.05) is 17.1 Å². The van der Waals surface area contributed by atoms with Gasteiger partial charge >= 0.3 is 0 Å². The summed E-state index contributed by atoms with van der Waals surface area (Å²) in [5, 5.41) is 9.39. The van der Waals surface area contributed by atoms with E-state index in [4.69, 9.17) is 16.3 Å². The van der Waals surface area contributed by atoms with E-state index in [-0.39, 0.29) is 26.5 Å². The van der Waals surface area contributed by atoms with E-state index in [0.717, 1.165) is 5.39 Å². The summed E-state index contributed by atoms with van der Waals surface area (Å²) in [7, 11) is 0. The van der Waals surface area contributed by atoms with Crippen LogP contribution in [-0.4, -0.2) is 26.2 Å². The molecule has 0 amide bonds. The molecule has 0 aliphatic heterocycles. The summed E-state index contributed by atoms with van der Waals surface area (Å²) < 4.78 is 5.58. The summed E-state index contributed by atoms with van der Waals surface area (Å²) in [6, 6.07) is 3.45. The van der Waals surface area contributed by atoms with E-state index in [1.165, 1.54) is 6.33 Å². The maximum atomic E-state index is 5.88. The fourth-order valence-corrected chi connectivity index (χ4v) is 1.96. The van der Waals surface area contributed by atoms with Crippen LogP contribution in [0.3, 0.4) is 0 Å². The molecular formula is C13H11ClN5OPd-. The molecule has 0 bridgehead atoms. The summed E-state index contributed by atoms with van der Waals surface area (Å²) in [6.07, 6.45) is 3.07. The van der Waals surface area contributed by atoms with Crippen LogP contribution >= 0.6 is 11.6 Å². The third-order valence-corrected chi connectivity index (χ3v) is 2.81. The minimum absolute atomic E-state index is 0. The van der Waals surface area contributed by atoms with Crippen molar-refractivity contribution in [3.05, 3.63) is 29.8 Å². The van der Waals surface area contributed by atoms with Crippen molar-refractivity contribution in [2.24, 2.45) is 0 Å². The molecule has 0 atom stereocenters. The molecule has 0 aliphatic carbocycles. The van der Waals surface area contributed by atoms with Crippen LogP contribution in [0.2, 0.25) is 5.15 Å². The van der Waals surface area contributed by atoms with Crippen LogP contribution in [0.5, 0.6) is 5.88 Å². The van der Waals surface area contributed by atoms with E-state index in [1.807, 2.05) is 13.8 Å². The van der Waals surface area contributed by atoms with Crippen LogP contribution in [0.4, 0.5) is 0 Å². The average molecular weight is 395 g/mol. The monoisotopic (exact) mass is 394 g/mol. The minimum Gasteiger partial charge on any atom is -0.573 e. The fourth-order valence-electron chi connectivity index (χ4n) is 1.81. The molecule has 0 saturated carbocycles. The number of halogens is 1. The predicted molar refractivity (Wildman–Crippen MR) is 74.7 cm³/mol. The number of aromatic nitrogens is 5. The molecule has 6 nitrogen and oxygen atoms in total. The van der Waals surface area contributed by atoms with Gasteiger partial charge < -0.3 is 14.9 Å². The standard InChI is InChI=1S/C13H11ClN5O.Pd/c1-7(2)20-12-3-8-10(5-15-12)18-19-13(8)9-4-11(14)17-6-16-9;/h3-7H,1-2H3;/q-1;. The van der Waals surface area contributed by atoms with Gasteiger partial charge in [-0.25, -0.2) is 15.0 Å². The molecule has 8 heteroatoms. The summed E-state index contributed by atoms with van der Waals surface area (Å²) in [5.41, 5.74) is 1.94. The number of fused-ring (bicyclic) bond motifs is 1. The van der Waals surface area contributed by atoms with E-state index in [1.54, 1.807) is 18.3 Å². The molecule has 0 aromatic carbocycles. The van der Waals surface area contributed by atoms with Crippen molar-refractivity contribution in [1.29, 1.82) is 0 Å². The van der Waals surface area contributed by atoms with Gasteiger partial charge in [-0.15, -0.1) is 0 Å². The number of hydrogen-bond acceptors (Lipinski definition) is 5. The van der Waals surface area contributed by atoms with E-state index in [9.17, 15) is 0 Å². The van der Waals surface area contributed by atoms with E-state index in [2.05, 4.69) is 25.1 Å². The van der Waals surface area contributed by atoms with Crippen molar-refractivity contribution in [2.45, 2.75) is 20.0 Å². The number of hydrogen-bond donors (Lipinski definition) is 0. The van der Waals surface area contributed by atoms with Gasteiger partial charge in [-0.3, -0.25) is 0 Å². The van der Waals surface area contributed by atoms with Crippen LogP contribution in [0.25, 0.3) is 22.3 Å². The molecule has 0 fully saturated rings. The van der Waals surface area contributed by atoms with Crippen LogP contribution < -0.4 is 9.84 Å². The molecule has 0 spiro atoms. The zero-order chi connectivity index (χ0) is 14.1. The topological polar surface area (TPSA) is 74.9 Å². The second-order valence-corrected chi connectivity index (χ2v) is 4.87.